The number of esters is 1. The Bertz CT molecular complexity index is 363. The Balaban J connectivity index is 2.07. The first kappa shape index (κ1) is 12.3. The van der Waals surface area contributed by atoms with Crippen molar-refractivity contribution in [2.45, 2.75) is 12.5 Å². The smallest absolute Gasteiger partial charge is 0.328 e. The summed E-state index contributed by atoms with van der Waals surface area (Å²) < 4.78 is 4.89. The molecule has 0 aliphatic carbocycles. The molecule has 2 atom stereocenters. The summed E-state index contributed by atoms with van der Waals surface area (Å²) in [5.74, 6) is 2.36. The topological polar surface area (TPSA) is 38.3 Å². The van der Waals surface area contributed by atoms with Gasteiger partial charge in [-0.25, -0.2) is 4.79 Å². The summed E-state index contributed by atoms with van der Waals surface area (Å²) >= 11 is 1.90. The lowest BCUT2D eigenvalue weighted by Gasteiger charge is -2.22. The third kappa shape index (κ3) is 3.16. The van der Waals surface area contributed by atoms with Crippen molar-refractivity contribution >= 4 is 23.4 Å². The van der Waals surface area contributed by atoms with Crippen LogP contribution in [0.3, 0.4) is 0 Å². The van der Waals surface area contributed by atoms with Crippen LogP contribution in [0.15, 0.2) is 30.3 Å². The van der Waals surface area contributed by atoms with E-state index in [1.165, 1.54) is 7.11 Å². The van der Waals surface area contributed by atoms with Gasteiger partial charge in [0.05, 0.1) is 7.11 Å². The molecule has 0 saturated carbocycles. The van der Waals surface area contributed by atoms with Crippen LogP contribution in [0.5, 0.6) is 0 Å². The zero-order valence-corrected chi connectivity index (χ0v) is 10.7. The molecule has 0 radical (unpaired) electrons. The predicted molar refractivity (Wildman–Crippen MR) is 71.3 cm³/mol. The van der Waals surface area contributed by atoms with Gasteiger partial charge in [-0.3, -0.25) is 0 Å². The predicted octanol–water partition coefficient (Wildman–Crippen LogP) is 2.39. The van der Waals surface area contributed by atoms with Gasteiger partial charge in [0.25, 0.3) is 0 Å². The molecule has 1 saturated heterocycles. The molecule has 1 aromatic carbocycles. The molecular formula is C13H17NO2S. The molecule has 2 rings (SSSR count). The summed E-state index contributed by atoms with van der Waals surface area (Å²) in [6, 6.07) is 9.59. The second-order valence-electron chi connectivity index (χ2n) is 4.13. The fourth-order valence-corrected chi connectivity index (χ4v) is 3.32. The van der Waals surface area contributed by atoms with E-state index in [0.29, 0.717) is 5.92 Å². The number of carbonyl (C=O) groups excluding carboxylic acids is 1. The van der Waals surface area contributed by atoms with Gasteiger partial charge in [-0.1, -0.05) is 18.2 Å². The van der Waals surface area contributed by atoms with E-state index < -0.39 is 0 Å². The summed E-state index contributed by atoms with van der Waals surface area (Å²) in [7, 11) is 1.45. The molecule has 0 bridgehead atoms. The number of thioether (sulfide) groups is 1. The Morgan fingerprint density at radius 1 is 1.47 bits per heavy atom. The van der Waals surface area contributed by atoms with Crippen molar-refractivity contribution in [1.29, 1.82) is 0 Å². The lowest BCUT2D eigenvalue weighted by molar-refractivity contribution is -0.142. The van der Waals surface area contributed by atoms with Crippen molar-refractivity contribution in [3.05, 3.63) is 30.3 Å². The van der Waals surface area contributed by atoms with Crippen LogP contribution in [0.4, 0.5) is 5.69 Å². The van der Waals surface area contributed by atoms with Crippen LogP contribution in [-0.4, -0.2) is 30.6 Å². The Kier molecular flexibility index (Phi) is 4.31. The molecule has 0 amide bonds. The summed E-state index contributed by atoms with van der Waals surface area (Å²) in [6.45, 7) is 0. The molecule has 1 aromatic rings. The number of rotatable bonds is 4. The minimum absolute atomic E-state index is 0.165. The molecular weight excluding hydrogens is 234 g/mol. The van der Waals surface area contributed by atoms with E-state index in [1.807, 2.05) is 42.1 Å². The average Bonchev–Trinajstić information content (AvgIpc) is 2.90. The number of para-hydroxylation sites is 1. The van der Waals surface area contributed by atoms with E-state index >= 15 is 0 Å². The minimum Gasteiger partial charge on any atom is -0.467 e. The van der Waals surface area contributed by atoms with Crippen LogP contribution >= 0.6 is 11.8 Å². The van der Waals surface area contributed by atoms with Crippen LogP contribution in [0, 0.1) is 5.92 Å². The number of anilines is 1. The maximum absolute atomic E-state index is 11.8. The number of hydrogen-bond acceptors (Lipinski definition) is 4. The van der Waals surface area contributed by atoms with Crippen molar-refractivity contribution in [2.24, 2.45) is 5.92 Å². The fourth-order valence-electron chi connectivity index (χ4n) is 2.03. The van der Waals surface area contributed by atoms with Crippen molar-refractivity contribution in [1.82, 2.24) is 0 Å². The first-order valence-corrected chi connectivity index (χ1v) is 6.94. The zero-order chi connectivity index (χ0) is 12.1. The minimum atomic E-state index is -0.225. The molecule has 17 heavy (non-hydrogen) atoms. The normalized spacial score (nSPS) is 20.9. The number of benzene rings is 1. The zero-order valence-electron chi connectivity index (χ0n) is 9.89. The molecule has 1 heterocycles. The summed E-state index contributed by atoms with van der Waals surface area (Å²) in [6.07, 6.45) is 1.07. The highest BCUT2D eigenvalue weighted by atomic mass is 32.2. The van der Waals surface area contributed by atoms with E-state index in [2.05, 4.69) is 5.32 Å². The van der Waals surface area contributed by atoms with E-state index in [4.69, 9.17) is 4.74 Å². The lowest BCUT2D eigenvalue weighted by Crippen LogP contribution is -2.38. The fraction of sp³-hybridized carbons (Fsp3) is 0.462. The largest absolute Gasteiger partial charge is 0.467 e. The van der Waals surface area contributed by atoms with Gasteiger partial charge in [0.1, 0.15) is 6.04 Å². The van der Waals surface area contributed by atoms with Gasteiger partial charge in [-0.2, -0.15) is 11.8 Å². The van der Waals surface area contributed by atoms with Gasteiger partial charge in [-0.05, 0) is 36.0 Å². The Labute approximate surface area is 106 Å². The van der Waals surface area contributed by atoms with E-state index in [-0.39, 0.29) is 12.0 Å². The summed E-state index contributed by atoms with van der Waals surface area (Å²) in [4.78, 5) is 11.8. The molecule has 3 nitrogen and oxygen atoms in total. The van der Waals surface area contributed by atoms with Gasteiger partial charge < -0.3 is 10.1 Å². The maximum atomic E-state index is 11.8. The Morgan fingerprint density at radius 3 is 2.82 bits per heavy atom. The highest BCUT2D eigenvalue weighted by molar-refractivity contribution is 7.99. The molecule has 4 heteroatoms. The van der Waals surface area contributed by atoms with Crippen molar-refractivity contribution < 1.29 is 9.53 Å². The molecule has 1 aliphatic rings. The van der Waals surface area contributed by atoms with Crippen molar-refractivity contribution in [2.75, 3.05) is 23.9 Å². The van der Waals surface area contributed by atoms with Crippen LogP contribution in [0.2, 0.25) is 0 Å². The SMILES string of the molecule is COC(=O)C(Nc1ccccc1)C1CCSC1. The second kappa shape index (κ2) is 5.96. The Morgan fingerprint density at radius 2 is 2.24 bits per heavy atom. The lowest BCUT2D eigenvalue weighted by atomic mass is 9.99. The number of hydrogen-bond donors (Lipinski definition) is 1. The molecule has 0 spiro atoms. The van der Waals surface area contributed by atoms with Gasteiger partial charge in [0.15, 0.2) is 0 Å². The highest BCUT2D eigenvalue weighted by Gasteiger charge is 2.31. The molecule has 1 fully saturated rings. The molecule has 1 aliphatic heterocycles. The molecule has 92 valence electrons. The number of nitrogens with one attached hydrogen (secondary N) is 1. The first-order chi connectivity index (χ1) is 8.31. The highest BCUT2D eigenvalue weighted by Crippen LogP contribution is 2.28. The third-order valence-electron chi connectivity index (χ3n) is 2.99. The summed E-state index contributed by atoms with van der Waals surface area (Å²) in [5.41, 5.74) is 0.972. The van der Waals surface area contributed by atoms with E-state index in [1.54, 1.807) is 0 Å². The number of methoxy groups -OCH3 is 1. The van der Waals surface area contributed by atoms with Crippen LogP contribution in [0.25, 0.3) is 0 Å². The van der Waals surface area contributed by atoms with Crippen LogP contribution in [0.1, 0.15) is 6.42 Å². The number of carbonyl (C=O) groups is 1. The van der Waals surface area contributed by atoms with Crippen LogP contribution < -0.4 is 5.32 Å². The van der Waals surface area contributed by atoms with E-state index in [0.717, 1.165) is 23.6 Å². The molecule has 2 unspecified atom stereocenters. The summed E-state index contributed by atoms with van der Waals surface area (Å²) in [5, 5.41) is 3.28. The Hall–Kier alpha value is -1.16. The molecule has 1 N–H and O–H groups in total. The average molecular weight is 251 g/mol. The molecule has 0 aromatic heterocycles. The van der Waals surface area contributed by atoms with E-state index in [9.17, 15) is 4.79 Å². The quantitative estimate of drug-likeness (QED) is 0.834. The van der Waals surface area contributed by atoms with Gasteiger partial charge in [-0.15, -0.1) is 0 Å². The van der Waals surface area contributed by atoms with Gasteiger partial charge in [0.2, 0.25) is 0 Å². The van der Waals surface area contributed by atoms with Gasteiger partial charge in [0, 0.05) is 5.69 Å². The first-order valence-electron chi connectivity index (χ1n) is 5.78. The van der Waals surface area contributed by atoms with Crippen molar-refractivity contribution in [3.8, 4) is 0 Å². The monoisotopic (exact) mass is 251 g/mol. The van der Waals surface area contributed by atoms with Gasteiger partial charge >= 0.3 is 5.97 Å². The van der Waals surface area contributed by atoms with Crippen molar-refractivity contribution in [3.63, 3.8) is 0 Å². The number of ether oxygens (including phenoxy) is 1. The second-order valence-corrected chi connectivity index (χ2v) is 5.28. The standard InChI is InChI=1S/C13H17NO2S/c1-16-13(15)12(10-7-8-17-9-10)14-11-5-3-2-4-6-11/h2-6,10,12,14H,7-9H2,1H3. The maximum Gasteiger partial charge on any atom is 0.328 e. The third-order valence-corrected chi connectivity index (χ3v) is 4.18. The van der Waals surface area contributed by atoms with Crippen LogP contribution in [-0.2, 0) is 9.53 Å².